The van der Waals surface area contributed by atoms with Crippen molar-refractivity contribution in [3.63, 3.8) is 0 Å². The minimum Gasteiger partial charge on any atom is -0.390 e. The van der Waals surface area contributed by atoms with Crippen molar-refractivity contribution >= 4 is 0 Å². The molecule has 0 saturated carbocycles. The van der Waals surface area contributed by atoms with Gasteiger partial charge in [-0.05, 0) is 120 Å². The number of hydrogen-bond acceptors (Lipinski definition) is 6. The molecule has 6 nitrogen and oxygen atoms in total. The zero-order valence-corrected chi connectivity index (χ0v) is 24.1. The monoisotopic (exact) mass is 510 g/mol. The SMILES string of the molecule is C/C(=C\CC/C=C(\C)CC[C@@H](O)[C@]1(C)CC[C@](C)(C(C)(C)O)O1)CC[C@@H](O)[C@@H]1CC[C@@H](C(C)(C)O)O1. The molecule has 2 rings (SSSR count). The summed E-state index contributed by atoms with van der Waals surface area (Å²) in [5, 5.41) is 41.9. The molecular formula is C30H54O6. The first-order chi connectivity index (χ1) is 16.5. The average molecular weight is 511 g/mol. The summed E-state index contributed by atoms with van der Waals surface area (Å²) in [5.41, 5.74) is -0.547. The average Bonchev–Trinajstić information content (AvgIpc) is 3.39. The maximum Gasteiger partial charge on any atom is 0.0944 e. The highest BCUT2D eigenvalue weighted by Gasteiger charge is 2.53. The minimum absolute atomic E-state index is 0.184. The van der Waals surface area contributed by atoms with E-state index < -0.39 is 34.6 Å². The van der Waals surface area contributed by atoms with E-state index in [4.69, 9.17) is 9.47 Å². The molecule has 0 amide bonds. The van der Waals surface area contributed by atoms with Gasteiger partial charge >= 0.3 is 0 Å². The molecule has 0 aromatic heterocycles. The lowest BCUT2D eigenvalue weighted by molar-refractivity contribution is -0.202. The van der Waals surface area contributed by atoms with E-state index in [1.54, 1.807) is 27.7 Å². The lowest BCUT2D eigenvalue weighted by Crippen LogP contribution is -2.51. The highest BCUT2D eigenvalue weighted by Crippen LogP contribution is 2.46. The maximum absolute atomic E-state index is 10.9. The van der Waals surface area contributed by atoms with E-state index in [-0.39, 0.29) is 12.2 Å². The fourth-order valence-corrected chi connectivity index (χ4v) is 5.33. The van der Waals surface area contributed by atoms with Crippen LogP contribution in [0.4, 0.5) is 0 Å². The van der Waals surface area contributed by atoms with Crippen LogP contribution in [-0.2, 0) is 9.47 Å². The number of hydrogen-bond donors (Lipinski definition) is 4. The first kappa shape index (κ1) is 31.5. The Hall–Kier alpha value is -0.760. The van der Waals surface area contributed by atoms with Crippen LogP contribution in [0.1, 0.15) is 120 Å². The van der Waals surface area contributed by atoms with Crippen molar-refractivity contribution in [1.82, 2.24) is 0 Å². The molecule has 2 aliphatic heterocycles. The molecule has 2 fully saturated rings. The van der Waals surface area contributed by atoms with E-state index in [2.05, 4.69) is 26.0 Å². The van der Waals surface area contributed by atoms with E-state index >= 15 is 0 Å². The minimum atomic E-state index is -0.950. The van der Waals surface area contributed by atoms with Gasteiger partial charge in [0, 0.05) is 0 Å². The van der Waals surface area contributed by atoms with Gasteiger partial charge in [0.1, 0.15) is 0 Å². The van der Waals surface area contributed by atoms with E-state index in [1.165, 1.54) is 11.1 Å². The first-order valence-electron chi connectivity index (χ1n) is 13.9. The molecule has 4 N–H and O–H groups in total. The van der Waals surface area contributed by atoms with Gasteiger partial charge in [0.2, 0.25) is 0 Å². The molecule has 0 bridgehead atoms. The standard InChI is InChI=1S/C30H54O6/c1-21(13-15-23(31)24-16-18-26(35-24)27(3,4)33)11-9-10-12-22(2)14-17-25(32)29(7)19-20-30(8,36-29)28(5,6)34/h11-12,23-26,31-34H,9-10,13-20H2,1-8H3/b21-11+,22-12+/t23-,24+,25-,26+,29+,30-/m1/s1. The summed E-state index contributed by atoms with van der Waals surface area (Å²) >= 11 is 0. The fourth-order valence-electron chi connectivity index (χ4n) is 5.33. The number of aliphatic hydroxyl groups excluding tert-OH is 2. The van der Waals surface area contributed by atoms with Crippen LogP contribution in [0.15, 0.2) is 23.3 Å². The predicted octanol–water partition coefficient (Wildman–Crippen LogP) is 5.36. The van der Waals surface area contributed by atoms with Crippen LogP contribution in [0.25, 0.3) is 0 Å². The van der Waals surface area contributed by atoms with Crippen molar-refractivity contribution in [3.8, 4) is 0 Å². The first-order valence-corrected chi connectivity index (χ1v) is 13.9. The number of ether oxygens (including phenoxy) is 2. The molecule has 0 radical (unpaired) electrons. The van der Waals surface area contributed by atoms with Gasteiger partial charge < -0.3 is 29.9 Å². The number of allylic oxidation sites excluding steroid dienone is 4. The van der Waals surface area contributed by atoms with Crippen molar-refractivity contribution in [2.45, 2.75) is 166 Å². The van der Waals surface area contributed by atoms with E-state index in [1.807, 2.05) is 13.8 Å². The molecule has 210 valence electrons. The van der Waals surface area contributed by atoms with Crippen molar-refractivity contribution in [1.29, 1.82) is 0 Å². The largest absolute Gasteiger partial charge is 0.390 e. The Morgan fingerprint density at radius 2 is 1.47 bits per heavy atom. The second-order valence-electron chi connectivity index (χ2n) is 12.9. The Kier molecular flexibility index (Phi) is 10.8. The predicted molar refractivity (Wildman–Crippen MR) is 145 cm³/mol. The van der Waals surface area contributed by atoms with Crippen LogP contribution in [0.3, 0.4) is 0 Å². The molecule has 2 saturated heterocycles. The molecule has 0 spiro atoms. The molecule has 0 aliphatic carbocycles. The summed E-state index contributed by atoms with van der Waals surface area (Å²) in [5.74, 6) is 0. The Balaban J connectivity index is 1.69. The van der Waals surface area contributed by atoms with Gasteiger partial charge in [-0.15, -0.1) is 0 Å². The molecular weight excluding hydrogens is 456 g/mol. The number of rotatable bonds is 13. The third kappa shape index (κ3) is 8.64. The van der Waals surface area contributed by atoms with E-state index in [0.29, 0.717) is 12.8 Å². The number of unbranched alkanes of at least 4 members (excludes halogenated alkanes) is 1. The second kappa shape index (κ2) is 12.4. The highest BCUT2D eigenvalue weighted by atomic mass is 16.6. The van der Waals surface area contributed by atoms with Crippen molar-refractivity contribution in [3.05, 3.63) is 23.3 Å². The Labute approximate surface area is 219 Å². The maximum atomic E-state index is 10.9. The Bertz CT molecular complexity index is 760. The highest BCUT2D eigenvalue weighted by molar-refractivity contribution is 5.06. The van der Waals surface area contributed by atoms with Crippen LogP contribution < -0.4 is 0 Å². The molecule has 0 unspecified atom stereocenters. The van der Waals surface area contributed by atoms with Crippen LogP contribution in [-0.4, -0.2) is 67.2 Å². The summed E-state index contributed by atoms with van der Waals surface area (Å²) in [6, 6.07) is 0. The molecule has 0 aromatic rings. The van der Waals surface area contributed by atoms with Crippen LogP contribution in [0, 0.1) is 0 Å². The molecule has 36 heavy (non-hydrogen) atoms. The van der Waals surface area contributed by atoms with E-state index in [0.717, 1.165) is 51.4 Å². The topological polar surface area (TPSA) is 99.4 Å². The van der Waals surface area contributed by atoms with Gasteiger partial charge in [0.25, 0.3) is 0 Å². The lowest BCUT2D eigenvalue weighted by Gasteiger charge is -2.40. The van der Waals surface area contributed by atoms with Gasteiger partial charge in [0.15, 0.2) is 0 Å². The quantitative estimate of drug-likeness (QED) is 0.197. The second-order valence-corrected chi connectivity index (χ2v) is 12.9. The van der Waals surface area contributed by atoms with Gasteiger partial charge in [0.05, 0.1) is 46.8 Å². The summed E-state index contributed by atoms with van der Waals surface area (Å²) in [6.45, 7) is 15.2. The number of aliphatic hydroxyl groups is 4. The normalized spacial score (nSPS) is 32.2. The third-order valence-electron chi connectivity index (χ3n) is 8.62. The Morgan fingerprint density at radius 3 is 1.94 bits per heavy atom. The smallest absolute Gasteiger partial charge is 0.0944 e. The van der Waals surface area contributed by atoms with Crippen molar-refractivity contribution in [2.75, 3.05) is 0 Å². The zero-order chi connectivity index (χ0) is 27.4. The molecule has 6 heteroatoms. The zero-order valence-electron chi connectivity index (χ0n) is 24.1. The Morgan fingerprint density at radius 1 is 0.917 bits per heavy atom. The molecule has 6 atom stereocenters. The fraction of sp³-hybridized carbons (Fsp3) is 0.867. The summed E-state index contributed by atoms with van der Waals surface area (Å²) < 4.78 is 12.1. The summed E-state index contributed by atoms with van der Waals surface area (Å²) in [6.07, 6.45) is 11.0. The van der Waals surface area contributed by atoms with Crippen LogP contribution in [0.5, 0.6) is 0 Å². The third-order valence-corrected chi connectivity index (χ3v) is 8.62. The lowest BCUT2D eigenvalue weighted by atomic mass is 9.84. The molecule has 2 heterocycles. The van der Waals surface area contributed by atoms with Gasteiger partial charge in [-0.25, -0.2) is 0 Å². The van der Waals surface area contributed by atoms with E-state index in [9.17, 15) is 20.4 Å². The summed E-state index contributed by atoms with van der Waals surface area (Å²) in [4.78, 5) is 0. The van der Waals surface area contributed by atoms with Crippen molar-refractivity contribution < 1.29 is 29.9 Å². The summed E-state index contributed by atoms with van der Waals surface area (Å²) in [7, 11) is 0. The van der Waals surface area contributed by atoms with Crippen LogP contribution >= 0.6 is 0 Å². The van der Waals surface area contributed by atoms with Gasteiger partial charge in [-0.1, -0.05) is 23.3 Å². The molecule has 2 aliphatic rings. The van der Waals surface area contributed by atoms with Crippen molar-refractivity contribution in [2.24, 2.45) is 0 Å². The van der Waals surface area contributed by atoms with Gasteiger partial charge in [-0.2, -0.15) is 0 Å². The molecule has 0 aromatic carbocycles. The van der Waals surface area contributed by atoms with Crippen LogP contribution in [0.2, 0.25) is 0 Å². The van der Waals surface area contributed by atoms with Gasteiger partial charge in [-0.3, -0.25) is 0 Å².